The maximum atomic E-state index is 12.6. The summed E-state index contributed by atoms with van der Waals surface area (Å²) in [4.78, 5) is 19.5. The lowest BCUT2D eigenvalue weighted by Gasteiger charge is -2.34. The summed E-state index contributed by atoms with van der Waals surface area (Å²) < 4.78 is 13.0. The van der Waals surface area contributed by atoms with Crippen molar-refractivity contribution in [1.82, 2.24) is 9.55 Å². The number of amides is 1. The summed E-state index contributed by atoms with van der Waals surface area (Å²) in [5.41, 5.74) is 4.97. The van der Waals surface area contributed by atoms with Crippen molar-refractivity contribution in [3.8, 4) is 0 Å². The molecule has 2 aromatic carbocycles. The second-order valence-electron chi connectivity index (χ2n) is 8.99. The fourth-order valence-corrected chi connectivity index (χ4v) is 5.39. The molecule has 0 radical (unpaired) electrons. The molecule has 3 aromatic rings. The Morgan fingerprint density at radius 3 is 2.64 bits per heavy atom. The third-order valence-electron chi connectivity index (χ3n) is 7.11. The van der Waals surface area contributed by atoms with E-state index in [0.29, 0.717) is 0 Å². The molecule has 0 bridgehead atoms. The zero-order valence-electron chi connectivity index (χ0n) is 19.2. The molecule has 5 rings (SSSR count). The van der Waals surface area contributed by atoms with E-state index < -0.39 is 0 Å². The molecule has 1 amide bonds. The van der Waals surface area contributed by atoms with E-state index in [4.69, 9.17) is 14.5 Å². The normalized spacial score (nSPS) is 20.0. The minimum Gasteiger partial charge on any atom is -0.452 e. The van der Waals surface area contributed by atoms with E-state index in [1.807, 2.05) is 43.3 Å². The number of hydrogen-bond donors (Lipinski definition) is 1. The number of rotatable bonds is 4. The number of nitrogens with zero attached hydrogens (tertiary/aromatic N) is 3. The van der Waals surface area contributed by atoms with Crippen LogP contribution in [0.15, 0.2) is 42.5 Å². The van der Waals surface area contributed by atoms with Crippen molar-refractivity contribution in [2.24, 2.45) is 0 Å². The molecule has 0 spiro atoms. The van der Waals surface area contributed by atoms with Gasteiger partial charge in [0.2, 0.25) is 0 Å². The van der Waals surface area contributed by atoms with E-state index >= 15 is 0 Å². The number of aryl methyl sites for hydroxylation is 1. The van der Waals surface area contributed by atoms with E-state index in [9.17, 15) is 9.90 Å². The Balaban J connectivity index is 1.72. The molecule has 1 N–H and O–H groups in total. The first-order valence-electron chi connectivity index (χ1n) is 11.8. The molecule has 2 aliphatic rings. The Bertz CT molecular complexity index is 1140. The van der Waals surface area contributed by atoms with E-state index in [2.05, 4.69) is 10.6 Å². The van der Waals surface area contributed by atoms with Gasteiger partial charge in [0, 0.05) is 30.9 Å². The zero-order chi connectivity index (χ0) is 22.9. The van der Waals surface area contributed by atoms with Crippen LogP contribution < -0.4 is 4.90 Å². The molecule has 0 saturated carbocycles. The number of ether oxygens (including phenoxy) is 2. The van der Waals surface area contributed by atoms with Gasteiger partial charge < -0.3 is 19.1 Å². The Labute approximate surface area is 193 Å². The zero-order valence-corrected chi connectivity index (χ0v) is 19.2. The topological polar surface area (TPSA) is 76.8 Å². The average molecular weight is 450 g/mol. The molecule has 1 fully saturated rings. The number of aromatic nitrogens is 2. The number of hydrogen-bond acceptors (Lipinski definition) is 5. The number of aliphatic hydroxyl groups is 1. The number of aliphatic hydroxyl groups excluding tert-OH is 1. The van der Waals surface area contributed by atoms with Gasteiger partial charge in [0.1, 0.15) is 5.82 Å². The fourth-order valence-electron chi connectivity index (χ4n) is 5.39. The van der Waals surface area contributed by atoms with Crippen molar-refractivity contribution in [3.05, 3.63) is 59.4 Å². The Morgan fingerprint density at radius 2 is 1.94 bits per heavy atom. The highest BCUT2D eigenvalue weighted by atomic mass is 16.5. The molecular weight excluding hydrogens is 418 g/mol. The predicted octanol–water partition coefficient (Wildman–Crippen LogP) is 4.42. The van der Waals surface area contributed by atoms with Gasteiger partial charge in [0.15, 0.2) is 0 Å². The maximum Gasteiger partial charge on any atom is 0.414 e. The SMILES string of the molecule is COC(=O)N1c2ccc3c(nc([C@H](CO)c4ccccc4)n3C3CCOCC3)c2CC[C@@H]1C. The van der Waals surface area contributed by atoms with Crippen LogP contribution in [-0.4, -0.2) is 53.7 Å². The van der Waals surface area contributed by atoms with Crippen LogP contribution in [0.25, 0.3) is 11.0 Å². The monoisotopic (exact) mass is 449 g/mol. The lowest BCUT2D eigenvalue weighted by atomic mass is 9.95. The van der Waals surface area contributed by atoms with Crippen LogP contribution in [0.1, 0.15) is 55.1 Å². The van der Waals surface area contributed by atoms with Gasteiger partial charge in [-0.15, -0.1) is 0 Å². The number of benzene rings is 2. The lowest BCUT2D eigenvalue weighted by molar-refractivity contribution is 0.0694. The first-order chi connectivity index (χ1) is 16.1. The molecule has 0 aliphatic carbocycles. The van der Waals surface area contributed by atoms with Gasteiger partial charge in [-0.1, -0.05) is 30.3 Å². The summed E-state index contributed by atoms with van der Waals surface area (Å²) >= 11 is 0. The predicted molar refractivity (Wildman–Crippen MR) is 127 cm³/mol. The van der Waals surface area contributed by atoms with Gasteiger partial charge in [0.25, 0.3) is 0 Å². The standard InChI is InChI=1S/C26H31N3O4/c1-17-8-9-20-22(28(17)26(31)32-2)10-11-23-24(20)27-25(29(23)19-12-14-33-15-13-19)21(16-30)18-6-4-3-5-7-18/h3-7,10-11,17,19,21,30H,8-9,12-16H2,1-2H3/t17-,21+/m0/s1. The molecule has 3 heterocycles. The molecular formula is C26H31N3O4. The van der Waals surface area contributed by atoms with E-state index in [1.54, 1.807) is 4.90 Å². The minimum atomic E-state index is -0.343. The maximum absolute atomic E-state index is 12.6. The Morgan fingerprint density at radius 1 is 1.18 bits per heavy atom. The molecule has 2 aliphatic heterocycles. The minimum absolute atomic E-state index is 0.0237. The third-order valence-corrected chi connectivity index (χ3v) is 7.11. The number of carbonyl (C=O) groups is 1. The highest BCUT2D eigenvalue weighted by molar-refractivity contribution is 5.95. The van der Waals surface area contributed by atoms with Crippen LogP contribution in [0.3, 0.4) is 0 Å². The Hall–Kier alpha value is -2.90. The van der Waals surface area contributed by atoms with E-state index in [1.165, 1.54) is 7.11 Å². The molecule has 7 heteroatoms. The van der Waals surface area contributed by atoms with Crippen LogP contribution in [0.2, 0.25) is 0 Å². The molecule has 2 atom stereocenters. The number of carbonyl (C=O) groups excluding carboxylic acids is 1. The Kier molecular flexibility index (Phi) is 6.08. The number of anilines is 1. The third kappa shape index (κ3) is 3.79. The summed E-state index contributed by atoms with van der Waals surface area (Å²) in [6.07, 6.45) is 3.18. The summed E-state index contributed by atoms with van der Waals surface area (Å²) in [5, 5.41) is 10.5. The van der Waals surface area contributed by atoms with Gasteiger partial charge >= 0.3 is 6.09 Å². The highest BCUT2D eigenvalue weighted by Crippen LogP contribution is 2.40. The smallest absolute Gasteiger partial charge is 0.414 e. The van der Waals surface area contributed by atoms with Crippen molar-refractivity contribution >= 4 is 22.8 Å². The van der Waals surface area contributed by atoms with Gasteiger partial charge in [-0.3, -0.25) is 4.90 Å². The quantitative estimate of drug-likeness (QED) is 0.638. The van der Waals surface area contributed by atoms with Crippen LogP contribution in [0, 0.1) is 0 Å². The molecule has 33 heavy (non-hydrogen) atoms. The molecule has 174 valence electrons. The van der Waals surface area contributed by atoms with Gasteiger partial charge in [-0.2, -0.15) is 0 Å². The van der Waals surface area contributed by atoms with Crippen molar-refractivity contribution in [2.75, 3.05) is 31.8 Å². The van der Waals surface area contributed by atoms with Crippen LogP contribution in [0.5, 0.6) is 0 Å². The number of fused-ring (bicyclic) bond motifs is 3. The number of imidazole rings is 1. The first kappa shape index (κ1) is 21.9. The fraction of sp³-hybridized carbons (Fsp3) is 0.462. The lowest BCUT2D eigenvalue weighted by Crippen LogP contribution is -2.42. The van der Waals surface area contributed by atoms with Crippen molar-refractivity contribution < 1.29 is 19.4 Å². The van der Waals surface area contributed by atoms with Gasteiger partial charge in [-0.05, 0) is 50.3 Å². The van der Waals surface area contributed by atoms with Crippen molar-refractivity contribution in [1.29, 1.82) is 0 Å². The van der Waals surface area contributed by atoms with E-state index in [0.717, 1.165) is 72.6 Å². The molecule has 1 saturated heterocycles. The largest absolute Gasteiger partial charge is 0.452 e. The average Bonchev–Trinajstić information content (AvgIpc) is 3.24. The van der Waals surface area contributed by atoms with Crippen molar-refractivity contribution in [2.45, 2.75) is 50.6 Å². The van der Waals surface area contributed by atoms with Crippen molar-refractivity contribution in [3.63, 3.8) is 0 Å². The van der Waals surface area contributed by atoms with Gasteiger partial charge in [0.05, 0.1) is 36.4 Å². The first-order valence-corrected chi connectivity index (χ1v) is 11.8. The molecule has 7 nitrogen and oxygen atoms in total. The van der Waals surface area contributed by atoms with E-state index in [-0.39, 0.29) is 30.7 Å². The molecule has 1 aromatic heterocycles. The summed E-state index contributed by atoms with van der Waals surface area (Å²) in [7, 11) is 1.42. The highest BCUT2D eigenvalue weighted by Gasteiger charge is 2.33. The second kappa shape index (κ2) is 9.15. The van der Waals surface area contributed by atoms with Crippen LogP contribution in [0.4, 0.5) is 10.5 Å². The van der Waals surface area contributed by atoms with Crippen LogP contribution >= 0.6 is 0 Å². The summed E-state index contributed by atoms with van der Waals surface area (Å²) in [5.74, 6) is 0.651. The van der Waals surface area contributed by atoms with Crippen LogP contribution in [-0.2, 0) is 15.9 Å². The number of methoxy groups -OCH3 is 1. The summed E-state index contributed by atoms with van der Waals surface area (Å²) in [6, 6.07) is 14.5. The molecule has 0 unspecified atom stereocenters. The summed E-state index contributed by atoms with van der Waals surface area (Å²) in [6.45, 7) is 3.46. The van der Waals surface area contributed by atoms with Gasteiger partial charge in [-0.25, -0.2) is 9.78 Å². The second-order valence-corrected chi connectivity index (χ2v) is 8.99.